The van der Waals surface area contributed by atoms with Crippen LogP contribution in [0.15, 0.2) is 60.8 Å². The lowest BCUT2D eigenvalue weighted by molar-refractivity contribution is 0.655. The molecule has 0 radical (unpaired) electrons. The van der Waals surface area contributed by atoms with Crippen LogP contribution in [-0.4, -0.2) is 4.98 Å². The summed E-state index contributed by atoms with van der Waals surface area (Å²) in [7, 11) is 0. The maximum absolute atomic E-state index is 4.63. The van der Waals surface area contributed by atoms with Gasteiger partial charge in [0.25, 0.3) is 0 Å². The third-order valence-electron chi connectivity index (χ3n) is 3.84. The number of fused-ring (bicyclic) bond motifs is 2. The molecule has 2 aromatic carbocycles. The van der Waals surface area contributed by atoms with Gasteiger partial charge in [0, 0.05) is 18.1 Å². The van der Waals surface area contributed by atoms with Crippen LogP contribution in [0.5, 0.6) is 0 Å². The van der Waals surface area contributed by atoms with E-state index in [1.807, 2.05) is 6.20 Å². The van der Waals surface area contributed by atoms with Crippen molar-refractivity contribution in [3.8, 4) is 0 Å². The van der Waals surface area contributed by atoms with Crippen molar-refractivity contribution in [2.75, 3.05) is 0 Å². The Morgan fingerprint density at radius 2 is 1.79 bits per heavy atom. The summed E-state index contributed by atoms with van der Waals surface area (Å²) in [5.41, 5.74) is 3.86. The molecule has 19 heavy (non-hydrogen) atoms. The molecule has 0 fully saturated rings. The number of rotatable bonds is 1. The first kappa shape index (κ1) is 10.7. The minimum Gasteiger partial charge on any atom is -0.301 e. The third-order valence-corrected chi connectivity index (χ3v) is 3.84. The van der Waals surface area contributed by atoms with Crippen LogP contribution in [0.4, 0.5) is 0 Å². The minimum absolute atomic E-state index is 0.210. The van der Waals surface area contributed by atoms with Gasteiger partial charge in [0.1, 0.15) is 0 Å². The van der Waals surface area contributed by atoms with Crippen molar-refractivity contribution in [1.29, 1.82) is 0 Å². The smallest absolute Gasteiger partial charge is 0.0763 e. The van der Waals surface area contributed by atoms with E-state index in [2.05, 4.69) is 64.9 Å². The Hall–Kier alpha value is -2.19. The Bertz CT molecular complexity index is 744. The number of pyridine rings is 1. The predicted molar refractivity (Wildman–Crippen MR) is 76.9 cm³/mol. The highest BCUT2D eigenvalue weighted by Gasteiger charge is 2.25. The Balaban J connectivity index is 1.93. The average Bonchev–Trinajstić information content (AvgIpc) is 2.90. The van der Waals surface area contributed by atoms with E-state index in [0.29, 0.717) is 0 Å². The first-order chi connectivity index (χ1) is 9.43. The van der Waals surface area contributed by atoms with Crippen LogP contribution >= 0.6 is 0 Å². The number of nitrogens with zero attached hydrogens (tertiary/aromatic N) is 1. The van der Waals surface area contributed by atoms with Crippen molar-refractivity contribution in [3.63, 3.8) is 0 Å². The zero-order valence-corrected chi connectivity index (χ0v) is 10.5. The average molecular weight is 246 g/mol. The topological polar surface area (TPSA) is 24.9 Å². The quantitative estimate of drug-likeness (QED) is 0.711. The van der Waals surface area contributed by atoms with Gasteiger partial charge in [0.05, 0.1) is 11.7 Å². The van der Waals surface area contributed by atoms with E-state index in [0.717, 1.165) is 12.2 Å². The maximum Gasteiger partial charge on any atom is 0.0763 e. The summed E-state index contributed by atoms with van der Waals surface area (Å²) in [5, 5.41) is 6.05. The normalized spacial score (nSPS) is 17.6. The standard InChI is InChI=1S/C17H14N2/c1-3-7-14-12(5-1)9-10-18-16(14)17-15-8-4-2-6-13(15)11-19-17/h1-10,17,19H,11H2. The van der Waals surface area contributed by atoms with Gasteiger partial charge in [-0.25, -0.2) is 0 Å². The molecule has 1 N–H and O–H groups in total. The lowest BCUT2D eigenvalue weighted by Crippen LogP contribution is -2.15. The second-order valence-corrected chi connectivity index (χ2v) is 4.93. The highest BCUT2D eigenvalue weighted by molar-refractivity contribution is 5.85. The van der Waals surface area contributed by atoms with Gasteiger partial charge in [-0.3, -0.25) is 4.98 Å². The molecule has 2 nitrogen and oxygen atoms in total. The molecule has 2 heterocycles. The highest BCUT2D eigenvalue weighted by Crippen LogP contribution is 2.32. The van der Waals surface area contributed by atoms with Crippen LogP contribution in [0, 0.1) is 0 Å². The summed E-state index contributed by atoms with van der Waals surface area (Å²) in [5.74, 6) is 0. The van der Waals surface area contributed by atoms with Crippen LogP contribution < -0.4 is 5.32 Å². The molecule has 0 amide bonds. The summed E-state index contributed by atoms with van der Waals surface area (Å²) in [6, 6.07) is 19.3. The van der Waals surface area contributed by atoms with E-state index < -0.39 is 0 Å². The fourth-order valence-electron chi connectivity index (χ4n) is 2.92. The molecule has 1 aliphatic heterocycles. The second kappa shape index (κ2) is 4.18. The Labute approximate surface area is 112 Å². The first-order valence-electron chi connectivity index (χ1n) is 6.58. The first-order valence-corrected chi connectivity index (χ1v) is 6.58. The van der Waals surface area contributed by atoms with Crippen molar-refractivity contribution < 1.29 is 0 Å². The predicted octanol–water partition coefficient (Wildman–Crippen LogP) is 3.43. The Morgan fingerprint density at radius 3 is 2.79 bits per heavy atom. The van der Waals surface area contributed by atoms with Gasteiger partial charge in [-0.05, 0) is 22.6 Å². The largest absolute Gasteiger partial charge is 0.301 e. The number of nitrogens with one attached hydrogen (secondary N) is 1. The van der Waals surface area contributed by atoms with Gasteiger partial charge in [-0.2, -0.15) is 0 Å². The molecule has 0 bridgehead atoms. The summed E-state index contributed by atoms with van der Waals surface area (Å²) in [4.78, 5) is 4.63. The van der Waals surface area contributed by atoms with E-state index in [9.17, 15) is 0 Å². The van der Waals surface area contributed by atoms with Crippen molar-refractivity contribution in [2.45, 2.75) is 12.6 Å². The van der Waals surface area contributed by atoms with Crippen LogP contribution in [0.2, 0.25) is 0 Å². The van der Waals surface area contributed by atoms with E-state index in [1.165, 1.54) is 21.9 Å². The van der Waals surface area contributed by atoms with Gasteiger partial charge < -0.3 is 5.32 Å². The van der Waals surface area contributed by atoms with Gasteiger partial charge in [-0.1, -0.05) is 48.5 Å². The van der Waals surface area contributed by atoms with Crippen LogP contribution in [0.25, 0.3) is 10.8 Å². The molecule has 0 spiro atoms. The molecular weight excluding hydrogens is 232 g/mol. The zero-order chi connectivity index (χ0) is 12.7. The molecule has 0 aliphatic carbocycles. The van der Waals surface area contributed by atoms with E-state index in [-0.39, 0.29) is 6.04 Å². The second-order valence-electron chi connectivity index (χ2n) is 4.93. The SMILES string of the molecule is c1ccc2c(c1)CNC2c1nccc2ccccc12. The van der Waals surface area contributed by atoms with Crippen molar-refractivity contribution in [2.24, 2.45) is 0 Å². The number of hydrogen-bond acceptors (Lipinski definition) is 2. The van der Waals surface area contributed by atoms with Gasteiger partial charge >= 0.3 is 0 Å². The molecule has 4 rings (SSSR count). The molecule has 0 saturated heterocycles. The monoisotopic (exact) mass is 246 g/mol. The molecule has 1 atom stereocenters. The van der Waals surface area contributed by atoms with E-state index in [1.54, 1.807) is 0 Å². The molecule has 1 aliphatic rings. The van der Waals surface area contributed by atoms with Gasteiger partial charge in [0.2, 0.25) is 0 Å². The summed E-state index contributed by atoms with van der Waals surface area (Å²) >= 11 is 0. The van der Waals surface area contributed by atoms with E-state index in [4.69, 9.17) is 0 Å². The number of aromatic nitrogens is 1. The van der Waals surface area contributed by atoms with Crippen molar-refractivity contribution >= 4 is 10.8 Å². The molecule has 1 aromatic heterocycles. The third kappa shape index (κ3) is 1.65. The molecule has 0 saturated carbocycles. The zero-order valence-electron chi connectivity index (χ0n) is 10.5. The highest BCUT2D eigenvalue weighted by atomic mass is 15.0. The maximum atomic E-state index is 4.63. The molecule has 3 aromatic rings. The Morgan fingerprint density at radius 1 is 0.947 bits per heavy atom. The summed E-state index contributed by atoms with van der Waals surface area (Å²) in [6.45, 7) is 0.922. The van der Waals surface area contributed by atoms with Crippen molar-refractivity contribution in [1.82, 2.24) is 10.3 Å². The van der Waals surface area contributed by atoms with E-state index >= 15 is 0 Å². The lowest BCUT2D eigenvalue weighted by atomic mass is 9.98. The summed E-state index contributed by atoms with van der Waals surface area (Å²) < 4.78 is 0. The lowest BCUT2D eigenvalue weighted by Gasteiger charge is -2.14. The summed E-state index contributed by atoms with van der Waals surface area (Å²) in [6.07, 6.45) is 1.90. The fraction of sp³-hybridized carbons (Fsp3) is 0.118. The Kier molecular flexibility index (Phi) is 2.35. The molecule has 2 heteroatoms. The number of benzene rings is 2. The molecule has 92 valence electrons. The van der Waals surface area contributed by atoms with Crippen molar-refractivity contribution in [3.05, 3.63) is 77.6 Å². The van der Waals surface area contributed by atoms with Gasteiger partial charge in [0.15, 0.2) is 0 Å². The van der Waals surface area contributed by atoms with Crippen LogP contribution in [-0.2, 0) is 6.54 Å². The number of hydrogen-bond donors (Lipinski definition) is 1. The molecular formula is C17H14N2. The minimum atomic E-state index is 0.210. The van der Waals surface area contributed by atoms with Crippen LogP contribution in [0.1, 0.15) is 22.9 Å². The molecule has 1 unspecified atom stereocenters. The fourth-order valence-corrected chi connectivity index (χ4v) is 2.92. The van der Waals surface area contributed by atoms with Crippen LogP contribution in [0.3, 0.4) is 0 Å². The van der Waals surface area contributed by atoms with Gasteiger partial charge in [-0.15, -0.1) is 0 Å².